The van der Waals surface area contributed by atoms with E-state index in [0.717, 1.165) is 0 Å². The maximum absolute atomic E-state index is 10.9. The van der Waals surface area contributed by atoms with E-state index in [1.54, 1.807) is 12.1 Å². The third-order valence-corrected chi connectivity index (χ3v) is 2.89. The number of benzene rings is 1. The molecule has 18 heavy (non-hydrogen) atoms. The lowest BCUT2D eigenvalue weighted by molar-refractivity contribution is -0.385. The summed E-state index contributed by atoms with van der Waals surface area (Å²) in [5.74, 6) is 0.368. The first-order chi connectivity index (χ1) is 8.61. The van der Waals surface area contributed by atoms with E-state index >= 15 is 0 Å². The first-order valence-electron chi connectivity index (χ1n) is 5.02. The van der Waals surface area contributed by atoms with Gasteiger partial charge in [-0.05, 0) is 12.1 Å². The fraction of sp³-hybridized carbons (Fsp3) is 0.200. The van der Waals surface area contributed by atoms with Crippen molar-refractivity contribution in [2.24, 2.45) is 0 Å². The number of hydrogen-bond donors (Lipinski definition) is 1. The van der Waals surface area contributed by atoms with Gasteiger partial charge in [0, 0.05) is 10.5 Å². The molecule has 8 heteroatoms. The van der Waals surface area contributed by atoms with E-state index in [2.05, 4.69) is 26.0 Å². The number of nitro benzene ring substituents is 1. The van der Waals surface area contributed by atoms with Crippen LogP contribution < -0.4 is 0 Å². The molecule has 0 amide bonds. The zero-order valence-corrected chi connectivity index (χ0v) is 10.7. The summed E-state index contributed by atoms with van der Waals surface area (Å²) in [6, 6.07) is 4.80. The highest BCUT2D eigenvalue weighted by molar-refractivity contribution is 9.10. The number of aliphatic hydroxyl groups excluding tert-OH is 1. The summed E-state index contributed by atoms with van der Waals surface area (Å²) in [6.07, 6.45) is 1.30. The van der Waals surface area contributed by atoms with Gasteiger partial charge in [0.25, 0.3) is 5.69 Å². The van der Waals surface area contributed by atoms with Crippen LogP contribution in [0.25, 0.3) is 0 Å². The predicted molar refractivity (Wildman–Crippen MR) is 65.8 cm³/mol. The summed E-state index contributed by atoms with van der Waals surface area (Å²) < 4.78 is 2.06. The van der Waals surface area contributed by atoms with Crippen LogP contribution in [0.4, 0.5) is 5.69 Å². The van der Waals surface area contributed by atoms with Gasteiger partial charge in [-0.1, -0.05) is 15.9 Å². The normalized spacial score (nSPS) is 10.6. The van der Waals surface area contributed by atoms with Gasteiger partial charge >= 0.3 is 0 Å². The molecule has 2 aromatic rings. The molecule has 0 aliphatic heterocycles. The first kappa shape index (κ1) is 12.7. The largest absolute Gasteiger partial charge is 0.388 e. The summed E-state index contributed by atoms with van der Waals surface area (Å²) in [6.45, 7) is -0.0657. The van der Waals surface area contributed by atoms with E-state index in [4.69, 9.17) is 5.11 Å². The lowest BCUT2D eigenvalue weighted by Crippen LogP contribution is -2.08. The zero-order chi connectivity index (χ0) is 13.1. The fourth-order valence-electron chi connectivity index (χ4n) is 1.54. The van der Waals surface area contributed by atoms with E-state index in [-0.39, 0.29) is 18.8 Å². The van der Waals surface area contributed by atoms with Crippen LogP contribution in [-0.4, -0.2) is 24.8 Å². The molecule has 0 atom stereocenters. The third-order valence-electron chi connectivity index (χ3n) is 2.40. The fourth-order valence-corrected chi connectivity index (χ4v) is 1.89. The molecular weight excluding hydrogens is 304 g/mol. The Kier molecular flexibility index (Phi) is 3.68. The molecule has 0 aliphatic carbocycles. The van der Waals surface area contributed by atoms with Gasteiger partial charge in [-0.15, -0.1) is 0 Å². The Hall–Kier alpha value is -1.80. The maximum atomic E-state index is 10.9. The van der Waals surface area contributed by atoms with Crippen LogP contribution in [-0.2, 0) is 13.2 Å². The highest BCUT2D eigenvalue weighted by Gasteiger charge is 2.15. The van der Waals surface area contributed by atoms with E-state index < -0.39 is 4.92 Å². The minimum absolute atomic E-state index is 0.00349. The number of aliphatic hydroxyl groups is 1. The first-order valence-corrected chi connectivity index (χ1v) is 5.81. The summed E-state index contributed by atoms with van der Waals surface area (Å²) in [5.41, 5.74) is 0.507. The summed E-state index contributed by atoms with van der Waals surface area (Å²) >= 11 is 3.19. The molecule has 7 nitrogen and oxygen atoms in total. The van der Waals surface area contributed by atoms with Crippen LogP contribution in [0.15, 0.2) is 29.0 Å². The van der Waals surface area contributed by atoms with E-state index in [1.807, 2.05) is 0 Å². The van der Waals surface area contributed by atoms with Crippen LogP contribution in [0.2, 0.25) is 0 Å². The van der Waals surface area contributed by atoms with Crippen LogP contribution in [0, 0.1) is 10.1 Å². The van der Waals surface area contributed by atoms with Gasteiger partial charge in [-0.2, -0.15) is 5.10 Å². The average Bonchev–Trinajstić information content (AvgIpc) is 2.78. The van der Waals surface area contributed by atoms with Crippen molar-refractivity contribution in [3.8, 4) is 0 Å². The van der Waals surface area contributed by atoms with Crippen LogP contribution >= 0.6 is 15.9 Å². The number of rotatable bonds is 4. The molecule has 0 bridgehead atoms. The average molecular weight is 313 g/mol. The molecule has 0 radical (unpaired) electrons. The third kappa shape index (κ3) is 2.54. The number of halogens is 1. The molecule has 0 fully saturated rings. The molecule has 1 N–H and O–H groups in total. The number of nitro groups is 1. The van der Waals surface area contributed by atoms with Gasteiger partial charge in [0.2, 0.25) is 0 Å². The molecule has 0 saturated heterocycles. The lowest BCUT2D eigenvalue weighted by Gasteiger charge is -2.05. The van der Waals surface area contributed by atoms with Crippen molar-refractivity contribution in [3.05, 3.63) is 50.5 Å². The summed E-state index contributed by atoms with van der Waals surface area (Å²) in [7, 11) is 0. The topological polar surface area (TPSA) is 94.1 Å². The van der Waals surface area contributed by atoms with Gasteiger partial charge in [0.15, 0.2) is 5.82 Å². The highest BCUT2D eigenvalue weighted by atomic mass is 79.9. The Morgan fingerprint density at radius 1 is 1.50 bits per heavy atom. The second-order valence-corrected chi connectivity index (χ2v) is 4.44. The van der Waals surface area contributed by atoms with Gasteiger partial charge < -0.3 is 5.11 Å². The van der Waals surface area contributed by atoms with Crippen molar-refractivity contribution >= 4 is 21.6 Å². The monoisotopic (exact) mass is 312 g/mol. The molecular formula is C10H9BrN4O3. The minimum Gasteiger partial charge on any atom is -0.388 e. The van der Waals surface area contributed by atoms with Crippen molar-refractivity contribution in [2.75, 3.05) is 0 Å². The Balaban J connectivity index is 2.37. The molecule has 0 unspecified atom stereocenters. The van der Waals surface area contributed by atoms with Crippen LogP contribution in [0.1, 0.15) is 11.4 Å². The Bertz CT molecular complexity index is 584. The zero-order valence-electron chi connectivity index (χ0n) is 9.15. The lowest BCUT2D eigenvalue weighted by atomic mass is 10.2. The second kappa shape index (κ2) is 5.23. The Labute approximate surface area is 110 Å². The van der Waals surface area contributed by atoms with Gasteiger partial charge in [0.1, 0.15) is 12.9 Å². The van der Waals surface area contributed by atoms with Crippen LogP contribution in [0.5, 0.6) is 0 Å². The van der Waals surface area contributed by atoms with E-state index in [0.29, 0.717) is 15.9 Å². The van der Waals surface area contributed by atoms with E-state index in [1.165, 1.54) is 17.1 Å². The van der Waals surface area contributed by atoms with Gasteiger partial charge in [0.05, 0.1) is 17.0 Å². The van der Waals surface area contributed by atoms with Crippen molar-refractivity contribution in [2.45, 2.75) is 13.2 Å². The summed E-state index contributed by atoms with van der Waals surface area (Å²) in [5, 5.41) is 23.9. The molecule has 1 heterocycles. The quantitative estimate of drug-likeness (QED) is 0.682. The Morgan fingerprint density at radius 2 is 2.28 bits per heavy atom. The van der Waals surface area contributed by atoms with Crippen molar-refractivity contribution in [1.82, 2.24) is 14.8 Å². The molecule has 94 valence electrons. The molecule has 2 rings (SSSR count). The van der Waals surface area contributed by atoms with Crippen molar-refractivity contribution in [3.63, 3.8) is 0 Å². The molecule has 0 aliphatic rings. The van der Waals surface area contributed by atoms with Crippen LogP contribution in [0.3, 0.4) is 0 Å². The smallest absolute Gasteiger partial charge is 0.275 e. The predicted octanol–water partition coefficient (Wildman–Crippen LogP) is 1.49. The number of aromatic nitrogens is 3. The highest BCUT2D eigenvalue weighted by Crippen LogP contribution is 2.24. The van der Waals surface area contributed by atoms with Crippen molar-refractivity contribution < 1.29 is 10.0 Å². The Morgan fingerprint density at radius 3 is 2.94 bits per heavy atom. The standard InChI is InChI=1S/C10H9BrN4O3/c11-8-2-1-7(9(3-8)15(17)18)4-14-10(5-16)12-6-13-14/h1-3,6,16H,4-5H2. The van der Waals surface area contributed by atoms with Gasteiger partial charge in [-0.3, -0.25) is 10.1 Å². The second-order valence-electron chi connectivity index (χ2n) is 3.52. The van der Waals surface area contributed by atoms with Gasteiger partial charge in [-0.25, -0.2) is 9.67 Å². The number of hydrogen-bond acceptors (Lipinski definition) is 5. The molecule has 0 saturated carbocycles. The van der Waals surface area contributed by atoms with Crippen molar-refractivity contribution in [1.29, 1.82) is 0 Å². The maximum Gasteiger partial charge on any atom is 0.275 e. The molecule has 0 spiro atoms. The molecule has 1 aromatic heterocycles. The minimum atomic E-state index is -0.449. The SMILES string of the molecule is O=[N+]([O-])c1cc(Br)ccc1Cn1ncnc1CO. The number of nitrogens with zero attached hydrogens (tertiary/aromatic N) is 4. The van der Waals surface area contributed by atoms with E-state index in [9.17, 15) is 10.1 Å². The molecule has 1 aromatic carbocycles. The summed E-state index contributed by atoms with van der Waals surface area (Å²) in [4.78, 5) is 14.3.